The normalized spacial score (nSPS) is 22.2. The van der Waals surface area contributed by atoms with Crippen molar-refractivity contribution >= 4 is 11.6 Å². The Morgan fingerprint density at radius 2 is 2.33 bits per heavy atom. The molecule has 1 aromatic rings. The largest absolute Gasteiger partial charge is 0.240 e. The first-order valence-corrected chi connectivity index (χ1v) is 5.09. The van der Waals surface area contributed by atoms with Crippen LogP contribution in [0.3, 0.4) is 0 Å². The van der Waals surface area contributed by atoms with Gasteiger partial charge in [-0.15, -0.1) is 0 Å². The molecule has 1 aliphatic rings. The summed E-state index contributed by atoms with van der Waals surface area (Å²) in [7, 11) is 0. The Morgan fingerprint density at radius 1 is 1.67 bits per heavy atom. The van der Waals surface area contributed by atoms with Crippen LogP contribution in [0.5, 0.6) is 0 Å². The molecular weight excluding hydrogens is 215 g/mol. The number of nitrogens with zero attached hydrogens (tertiary/aromatic N) is 2. The minimum absolute atomic E-state index is 0.151. The first-order chi connectivity index (χ1) is 6.95. The van der Waals surface area contributed by atoms with Gasteiger partial charge < -0.3 is 0 Å². The smallest absolute Gasteiger partial charge is 0.132 e. The van der Waals surface area contributed by atoms with Crippen molar-refractivity contribution in [2.75, 3.05) is 0 Å². The molecule has 1 atom stereocenters. The molecule has 0 fully saturated rings. The fourth-order valence-corrected chi connectivity index (χ4v) is 2.34. The van der Waals surface area contributed by atoms with Crippen molar-refractivity contribution in [2.45, 2.75) is 31.6 Å². The van der Waals surface area contributed by atoms with Crippen molar-refractivity contribution in [3.05, 3.63) is 28.3 Å². The van der Waals surface area contributed by atoms with Gasteiger partial charge in [-0.3, -0.25) is 0 Å². The van der Waals surface area contributed by atoms with Crippen molar-refractivity contribution < 1.29 is 4.39 Å². The molecule has 1 aliphatic carbocycles. The molecule has 2 rings (SSSR count). The summed E-state index contributed by atoms with van der Waals surface area (Å²) in [5.41, 5.74) is 0.771. The van der Waals surface area contributed by atoms with E-state index in [0.29, 0.717) is 17.7 Å². The molecule has 1 heterocycles. The molecule has 0 saturated heterocycles. The van der Waals surface area contributed by atoms with Gasteiger partial charge in [0.2, 0.25) is 0 Å². The van der Waals surface area contributed by atoms with Gasteiger partial charge in [-0.1, -0.05) is 25.4 Å². The van der Waals surface area contributed by atoms with E-state index in [0.717, 1.165) is 0 Å². The maximum Gasteiger partial charge on any atom is 0.132 e. The second-order valence-corrected chi connectivity index (χ2v) is 4.85. The Labute approximate surface area is 92.7 Å². The van der Waals surface area contributed by atoms with Gasteiger partial charge in [-0.05, 0) is 6.42 Å². The fourth-order valence-electron chi connectivity index (χ4n) is 2.16. The Hall–Kier alpha value is -1.14. The molecule has 1 unspecified atom stereocenters. The third kappa shape index (κ3) is 1.49. The molecule has 0 spiro atoms. The van der Waals surface area contributed by atoms with Crippen LogP contribution in [-0.4, -0.2) is 4.98 Å². The third-order valence-corrected chi connectivity index (χ3v) is 3.03. The second kappa shape index (κ2) is 3.18. The lowest BCUT2D eigenvalue weighted by atomic mass is 9.89. The molecule has 1 aromatic heterocycles. The molecule has 0 radical (unpaired) electrons. The third-order valence-electron chi connectivity index (χ3n) is 2.84. The van der Waals surface area contributed by atoms with Crippen LogP contribution in [0.1, 0.15) is 37.4 Å². The summed E-state index contributed by atoms with van der Waals surface area (Å²) in [6.07, 6.45) is 0.600. The zero-order valence-corrected chi connectivity index (χ0v) is 9.27. The Balaban J connectivity index is 2.70. The SMILES string of the molecule is CC1(C)CC(C#N)c2c(F)cc(Cl)nc21. The second-order valence-electron chi connectivity index (χ2n) is 4.46. The van der Waals surface area contributed by atoms with Crippen LogP contribution >= 0.6 is 11.6 Å². The maximum atomic E-state index is 13.7. The highest BCUT2D eigenvalue weighted by Gasteiger charge is 2.40. The Morgan fingerprint density at radius 3 is 2.93 bits per heavy atom. The van der Waals surface area contributed by atoms with Crippen molar-refractivity contribution in [1.29, 1.82) is 5.26 Å². The van der Waals surface area contributed by atoms with Crippen LogP contribution in [0.2, 0.25) is 5.15 Å². The molecule has 0 amide bonds. The van der Waals surface area contributed by atoms with Gasteiger partial charge in [0.25, 0.3) is 0 Å². The topological polar surface area (TPSA) is 36.7 Å². The molecule has 2 nitrogen and oxygen atoms in total. The van der Waals surface area contributed by atoms with Gasteiger partial charge in [0.15, 0.2) is 0 Å². The van der Waals surface area contributed by atoms with Crippen LogP contribution in [0.15, 0.2) is 6.07 Å². The summed E-state index contributed by atoms with van der Waals surface area (Å²) in [5.74, 6) is -0.818. The number of fused-ring (bicyclic) bond motifs is 1. The Kier molecular flexibility index (Phi) is 2.20. The number of pyridine rings is 1. The van der Waals surface area contributed by atoms with Crippen LogP contribution in [0, 0.1) is 17.1 Å². The number of aromatic nitrogens is 1. The van der Waals surface area contributed by atoms with Gasteiger partial charge in [0.05, 0.1) is 17.7 Å². The van der Waals surface area contributed by atoms with Crippen molar-refractivity contribution in [2.24, 2.45) is 0 Å². The van der Waals surface area contributed by atoms with E-state index in [9.17, 15) is 4.39 Å². The fraction of sp³-hybridized carbons (Fsp3) is 0.455. The molecule has 15 heavy (non-hydrogen) atoms. The molecule has 0 aliphatic heterocycles. The average Bonchev–Trinajstić information content (AvgIpc) is 2.38. The zero-order valence-electron chi connectivity index (χ0n) is 8.51. The number of hydrogen-bond acceptors (Lipinski definition) is 2. The molecule has 0 N–H and O–H groups in total. The van der Waals surface area contributed by atoms with E-state index in [4.69, 9.17) is 16.9 Å². The lowest BCUT2D eigenvalue weighted by Crippen LogP contribution is -2.14. The molecule has 0 aromatic carbocycles. The van der Waals surface area contributed by atoms with Gasteiger partial charge >= 0.3 is 0 Å². The first-order valence-electron chi connectivity index (χ1n) is 4.72. The van der Waals surface area contributed by atoms with E-state index >= 15 is 0 Å². The van der Waals surface area contributed by atoms with Gasteiger partial charge in [0.1, 0.15) is 11.0 Å². The zero-order chi connectivity index (χ0) is 11.2. The summed E-state index contributed by atoms with van der Waals surface area (Å²) in [6.45, 7) is 3.90. The van der Waals surface area contributed by atoms with E-state index < -0.39 is 11.7 Å². The molecule has 0 saturated carbocycles. The monoisotopic (exact) mass is 224 g/mol. The number of rotatable bonds is 0. The lowest BCUT2D eigenvalue weighted by Gasteiger charge is -2.17. The minimum atomic E-state index is -0.415. The van der Waals surface area contributed by atoms with E-state index in [1.807, 2.05) is 13.8 Å². The van der Waals surface area contributed by atoms with Crippen molar-refractivity contribution in [3.8, 4) is 6.07 Å². The van der Waals surface area contributed by atoms with E-state index in [2.05, 4.69) is 11.1 Å². The lowest BCUT2D eigenvalue weighted by molar-refractivity contribution is 0.495. The molecule has 4 heteroatoms. The number of halogens is 2. The van der Waals surface area contributed by atoms with Crippen molar-refractivity contribution in [1.82, 2.24) is 4.98 Å². The summed E-state index contributed by atoms with van der Waals surface area (Å²) < 4.78 is 13.7. The summed E-state index contributed by atoms with van der Waals surface area (Å²) in [5, 5.41) is 9.11. The molecule has 0 bridgehead atoms. The van der Waals surface area contributed by atoms with Crippen LogP contribution in [0.25, 0.3) is 0 Å². The average molecular weight is 225 g/mol. The first kappa shape index (κ1) is 10.4. The van der Waals surface area contributed by atoms with E-state index in [1.54, 1.807) is 0 Å². The quantitative estimate of drug-likeness (QED) is 0.635. The summed E-state index contributed by atoms with van der Waals surface area (Å²) in [4.78, 5) is 4.14. The highest BCUT2D eigenvalue weighted by atomic mass is 35.5. The predicted octanol–water partition coefficient (Wildman–Crippen LogP) is 3.16. The number of nitriles is 1. The highest BCUT2D eigenvalue weighted by Crippen LogP contribution is 2.45. The van der Waals surface area contributed by atoms with Crippen LogP contribution in [0.4, 0.5) is 4.39 Å². The predicted molar refractivity (Wildman–Crippen MR) is 55.2 cm³/mol. The van der Waals surface area contributed by atoms with Gasteiger partial charge in [-0.25, -0.2) is 9.37 Å². The Bertz CT molecular complexity index is 462. The standard InChI is InChI=1S/C11H10ClFN2/c1-11(2)4-6(5-14)9-7(13)3-8(12)15-10(9)11/h3,6H,4H2,1-2H3. The van der Waals surface area contributed by atoms with Crippen molar-refractivity contribution in [3.63, 3.8) is 0 Å². The minimum Gasteiger partial charge on any atom is -0.240 e. The molecule has 78 valence electrons. The van der Waals surface area contributed by atoms with Gasteiger partial charge in [0, 0.05) is 17.0 Å². The van der Waals surface area contributed by atoms with Crippen LogP contribution in [-0.2, 0) is 5.41 Å². The summed E-state index contributed by atoms with van der Waals surface area (Å²) in [6, 6.07) is 3.29. The molecular formula is C11H10ClFN2. The maximum absolute atomic E-state index is 13.7. The summed E-state index contributed by atoms with van der Waals surface area (Å²) >= 11 is 5.71. The van der Waals surface area contributed by atoms with Gasteiger partial charge in [-0.2, -0.15) is 5.26 Å². The van der Waals surface area contributed by atoms with E-state index in [1.165, 1.54) is 6.07 Å². The van der Waals surface area contributed by atoms with E-state index in [-0.39, 0.29) is 10.6 Å². The van der Waals surface area contributed by atoms with Crippen LogP contribution < -0.4 is 0 Å². The highest BCUT2D eigenvalue weighted by molar-refractivity contribution is 6.29. The number of hydrogen-bond donors (Lipinski definition) is 0.